The van der Waals surface area contributed by atoms with Crippen molar-refractivity contribution >= 4 is 5.91 Å². The Morgan fingerprint density at radius 3 is 3.00 bits per heavy atom. The van der Waals surface area contributed by atoms with Crippen LogP contribution in [0.3, 0.4) is 0 Å². The molecule has 1 aliphatic heterocycles. The van der Waals surface area contributed by atoms with Crippen LogP contribution in [0.15, 0.2) is 0 Å². The number of nitrogens with one attached hydrogen (secondary N) is 2. The molecule has 1 aliphatic rings. The van der Waals surface area contributed by atoms with E-state index in [1.165, 1.54) is 0 Å². The molecular weight excluding hydrogens is 242 g/mol. The first kappa shape index (κ1) is 15.3. The number of rotatable bonds is 7. The second kappa shape index (κ2) is 8.37. The van der Waals surface area contributed by atoms with Crippen molar-refractivity contribution in [2.24, 2.45) is 11.8 Å². The Hall–Kier alpha value is -0.750. The summed E-state index contributed by atoms with van der Waals surface area (Å²) in [4.78, 5) is 11.4. The lowest BCUT2D eigenvalue weighted by Gasteiger charge is -2.29. The molecule has 0 aromatic rings. The Labute approximate surface area is 106 Å². The number of carbonyl (C=O) groups excluding carboxylic acids is 1. The van der Waals surface area contributed by atoms with Crippen LogP contribution < -0.4 is 10.6 Å². The van der Waals surface area contributed by atoms with Crippen LogP contribution in [0.25, 0.3) is 0 Å². The molecule has 2 atom stereocenters. The van der Waals surface area contributed by atoms with E-state index < -0.39 is 13.0 Å². The van der Waals surface area contributed by atoms with E-state index in [4.69, 9.17) is 0 Å². The highest BCUT2D eigenvalue weighted by molar-refractivity contribution is 5.75. The number of hydrogen-bond donors (Lipinski definition) is 2. The monoisotopic (exact) mass is 264 g/mol. The first-order chi connectivity index (χ1) is 8.59. The number of alkyl halides is 2. The van der Waals surface area contributed by atoms with E-state index in [1.54, 1.807) is 0 Å². The first-order valence-electron chi connectivity index (χ1n) is 6.43. The van der Waals surface area contributed by atoms with E-state index in [2.05, 4.69) is 22.3 Å². The molecule has 18 heavy (non-hydrogen) atoms. The van der Waals surface area contributed by atoms with Gasteiger partial charge >= 0.3 is 0 Å². The number of carbonyl (C=O) groups is 1. The average molecular weight is 264 g/mol. The molecule has 2 N–H and O–H groups in total. The molecule has 0 radical (unpaired) electrons. The minimum absolute atomic E-state index is 0.0502. The Balaban J connectivity index is 2.05. The fourth-order valence-electron chi connectivity index (χ4n) is 2.00. The molecule has 0 bridgehead atoms. The topological polar surface area (TPSA) is 50.4 Å². The van der Waals surface area contributed by atoms with Crippen LogP contribution in [0.5, 0.6) is 0 Å². The second-order valence-corrected chi connectivity index (χ2v) is 4.75. The van der Waals surface area contributed by atoms with E-state index in [-0.39, 0.29) is 18.9 Å². The molecule has 0 aromatic heterocycles. The van der Waals surface area contributed by atoms with Crippen LogP contribution in [0, 0.1) is 11.8 Å². The SMILES string of the molecule is CC1CCNCC1CNC(=O)CCOCC(F)F. The number of ether oxygens (including phenoxy) is 1. The van der Waals surface area contributed by atoms with Gasteiger partial charge in [-0.1, -0.05) is 6.92 Å². The minimum Gasteiger partial charge on any atom is -0.375 e. The zero-order chi connectivity index (χ0) is 13.4. The third-order valence-electron chi connectivity index (χ3n) is 3.27. The summed E-state index contributed by atoms with van der Waals surface area (Å²) in [5.41, 5.74) is 0. The van der Waals surface area contributed by atoms with Crippen molar-refractivity contribution < 1.29 is 18.3 Å². The second-order valence-electron chi connectivity index (χ2n) is 4.75. The van der Waals surface area contributed by atoms with Gasteiger partial charge in [0.1, 0.15) is 6.61 Å². The summed E-state index contributed by atoms with van der Waals surface area (Å²) in [6, 6.07) is 0. The highest BCUT2D eigenvalue weighted by atomic mass is 19.3. The molecule has 0 saturated carbocycles. The Bertz CT molecular complexity index is 252. The summed E-state index contributed by atoms with van der Waals surface area (Å²) in [7, 11) is 0. The molecule has 0 spiro atoms. The third-order valence-corrected chi connectivity index (χ3v) is 3.27. The van der Waals surface area contributed by atoms with Gasteiger partial charge in [0.15, 0.2) is 0 Å². The Morgan fingerprint density at radius 2 is 2.33 bits per heavy atom. The van der Waals surface area contributed by atoms with Crippen LogP contribution in [0.4, 0.5) is 8.78 Å². The van der Waals surface area contributed by atoms with Crippen LogP contribution in [-0.2, 0) is 9.53 Å². The van der Waals surface area contributed by atoms with Gasteiger partial charge in [0.2, 0.25) is 5.91 Å². The highest BCUT2D eigenvalue weighted by Crippen LogP contribution is 2.17. The summed E-state index contributed by atoms with van der Waals surface area (Å²) in [6.07, 6.45) is -1.21. The molecule has 0 aliphatic carbocycles. The largest absolute Gasteiger partial charge is 0.375 e. The zero-order valence-electron chi connectivity index (χ0n) is 10.8. The first-order valence-corrected chi connectivity index (χ1v) is 6.43. The average Bonchev–Trinajstić information content (AvgIpc) is 2.33. The summed E-state index contributed by atoms with van der Waals surface area (Å²) >= 11 is 0. The molecular formula is C12H22F2N2O2. The van der Waals surface area contributed by atoms with Gasteiger partial charge in [-0.15, -0.1) is 0 Å². The molecule has 1 heterocycles. The number of halogens is 2. The Morgan fingerprint density at radius 1 is 1.56 bits per heavy atom. The molecule has 1 fully saturated rings. The highest BCUT2D eigenvalue weighted by Gasteiger charge is 2.21. The molecule has 4 nitrogen and oxygen atoms in total. The van der Waals surface area contributed by atoms with Gasteiger partial charge in [0.25, 0.3) is 6.43 Å². The van der Waals surface area contributed by atoms with Crippen molar-refractivity contribution in [3.05, 3.63) is 0 Å². The van der Waals surface area contributed by atoms with Gasteiger partial charge in [0.05, 0.1) is 6.61 Å². The van der Waals surface area contributed by atoms with Crippen LogP contribution in [0.2, 0.25) is 0 Å². The lowest BCUT2D eigenvalue weighted by atomic mass is 9.88. The van der Waals surface area contributed by atoms with Gasteiger partial charge in [0, 0.05) is 13.0 Å². The van der Waals surface area contributed by atoms with E-state index in [0.29, 0.717) is 18.4 Å². The van der Waals surface area contributed by atoms with Crippen molar-refractivity contribution in [3.63, 3.8) is 0 Å². The van der Waals surface area contributed by atoms with Crippen LogP contribution in [-0.4, -0.2) is 45.2 Å². The maximum atomic E-state index is 11.8. The fourth-order valence-corrected chi connectivity index (χ4v) is 2.00. The predicted molar refractivity (Wildman–Crippen MR) is 64.6 cm³/mol. The van der Waals surface area contributed by atoms with Gasteiger partial charge in [-0.25, -0.2) is 8.78 Å². The van der Waals surface area contributed by atoms with Gasteiger partial charge in [-0.05, 0) is 31.3 Å². The molecule has 2 unspecified atom stereocenters. The smallest absolute Gasteiger partial charge is 0.261 e. The third kappa shape index (κ3) is 6.26. The fraction of sp³-hybridized carbons (Fsp3) is 0.917. The van der Waals surface area contributed by atoms with Gasteiger partial charge in [-0.2, -0.15) is 0 Å². The van der Waals surface area contributed by atoms with Crippen molar-refractivity contribution in [2.45, 2.75) is 26.2 Å². The van der Waals surface area contributed by atoms with Gasteiger partial charge in [-0.3, -0.25) is 4.79 Å². The standard InChI is InChI=1S/C12H22F2N2O2/c1-9-2-4-15-6-10(9)7-16-12(17)3-5-18-8-11(13)14/h9-11,15H,2-8H2,1H3,(H,16,17). The molecule has 1 rings (SSSR count). The summed E-state index contributed by atoms with van der Waals surface area (Å²) in [6.45, 7) is 4.23. The van der Waals surface area contributed by atoms with Crippen molar-refractivity contribution in [3.8, 4) is 0 Å². The minimum atomic E-state index is -2.47. The zero-order valence-corrected chi connectivity index (χ0v) is 10.8. The van der Waals surface area contributed by atoms with Crippen molar-refractivity contribution in [1.82, 2.24) is 10.6 Å². The normalized spacial score (nSPS) is 24.2. The summed E-state index contributed by atoms with van der Waals surface area (Å²) in [5.74, 6) is 0.911. The number of piperidine rings is 1. The van der Waals surface area contributed by atoms with E-state index in [9.17, 15) is 13.6 Å². The summed E-state index contributed by atoms with van der Waals surface area (Å²) < 4.78 is 28.2. The van der Waals surface area contributed by atoms with Crippen molar-refractivity contribution in [1.29, 1.82) is 0 Å². The molecule has 1 amide bonds. The molecule has 0 aromatic carbocycles. The molecule has 1 saturated heterocycles. The predicted octanol–water partition coefficient (Wildman–Crippen LogP) is 1.02. The number of amides is 1. The van der Waals surface area contributed by atoms with E-state index >= 15 is 0 Å². The Kier molecular flexibility index (Phi) is 7.12. The maximum absolute atomic E-state index is 11.8. The number of hydrogen-bond acceptors (Lipinski definition) is 3. The quantitative estimate of drug-likeness (QED) is 0.675. The van der Waals surface area contributed by atoms with Gasteiger partial charge < -0.3 is 15.4 Å². The van der Waals surface area contributed by atoms with E-state index in [0.717, 1.165) is 19.5 Å². The lowest BCUT2D eigenvalue weighted by Crippen LogP contribution is -2.42. The molecule has 6 heteroatoms. The maximum Gasteiger partial charge on any atom is 0.261 e. The molecule has 106 valence electrons. The lowest BCUT2D eigenvalue weighted by molar-refractivity contribution is -0.122. The summed E-state index contributed by atoms with van der Waals surface area (Å²) in [5, 5.41) is 6.12. The van der Waals surface area contributed by atoms with Crippen molar-refractivity contribution in [2.75, 3.05) is 32.8 Å². The van der Waals surface area contributed by atoms with Crippen LogP contribution in [0.1, 0.15) is 19.8 Å². The van der Waals surface area contributed by atoms with E-state index in [1.807, 2.05) is 0 Å². The van der Waals surface area contributed by atoms with Crippen LogP contribution >= 0.6 is 0 Å².